The van der Waals surface area contributed by atoms with Crippen molar-refractivity contribution in [2.45, 2.75) is 23.8 Å². The number of rotatable bonds is 3. The molecule has 1 aliphatic heterocycles. The van der Waals surface area contributed by atoms with Gasteiger partial charge < -0.3 is 11.1 Å². The van der Waals surface area contributed by atoms with Crippen molar-refractivity contribution < 1.29 is 13.2 Å². The Morgan fingerprint density at radius 3 is 2.89 bits per heavy atom. The first kappa shape index (κ1) is 12.8. The van der Waals surface area contributed by atoms with Crippen molar-refractivity contribution in [2.75, 3.05) is 12.3 Å². The average molecular weight is 270 g/mol. The molecular weight excluding hydrogens is 256 g/mol. The van der Waals surface area contributed by atoms with Crippen molar-refractivity contribution in [3.63, 3.8) is 0 Å². The predicted molar refractivity (Wildman–Crippen MR) is 65.0 cm³/mol. The molecule has 1 saturated heterocycles. The summed E-state index contributed by atoms with van der Waals surface area (Å²) in [6.07, 6.45) is 2.22. The Bertz CT molecular complexity index is 548. The number of hydrogen-bond donors (Lipinski definition) is 3. The molecule has 98 valence electrons. The molecule has 1 fully saturated rings. The molecule has 2 rings (SSSR count). The summed E-state index contributed by atoms with van der Waals surface area (Å²) < 4.78 is 26.6. The minimum Gasteiger partial charge on any atom is -0.383 e. The van der Waals surface area contributed by atoms with Gasteiger partial charge in [-0.3, -0.25) is 4.79 Å². The van der Waals surface area contributed by atoms with E-state index in [1.165, 1.54) is 18.3 Å². The summed E-state index contributed by atoms with van der Waals surface area (Å²) in [7, 11) is -3.70. The summed E-state index contributed by atoms with van der Waals surface area (Å²) >= 11 is 0. The lowest BCUT2D eigenvalue weighted by Gasteiger charge is -2.23. The first-order chi connectivity index (χ1) is 8.49. The van der Waals surface area contributed by atoms with Crippen LogP contribution in [0.5, 0.6) is 0 Å². The van der Waals surface area contributed by atoms with Gasteiger partial charge in [-0.2, -0.15) is 0 Å². The number of nitrogens with two attached hydrogens (primary N) is 1. The zero-order valence-corrected chi connectivity index (χ0v) is 10.4. The standard InChI is InChI=1S/C10H14N4O3S/c11-10-8(2-1-5-12-10)18(16,17)14-7-3-4-9(15)13-6-7/h1-2,5,7,14H,3-4,6H2,(H2,11,12)(H,13,15). The highest BCUT2D eigenvalue weighted by atomic mass is 32.2. The zero-order valence-electron chi connectivity index (χ0n) is 9.59. The van der Waals surface area contributed by atoms with Crippen LogP contribution in [0.4, 0.5) is 5.82 Å². The highest BCUT2D eigenvalue weighted by Crippen LogP contribution is 2.16. The molecule has 1 atom stereocenters. The number of amides is 1. The van der Waals surface area contributed by atoms with Gasteiger partial charge in [0.1, 0.15) is 10.7 Å². The molecule has 8 heteroatoms. The van der Waals surface area contributed by atoms with Crippen LogP contribution in [0, 0.1) is 0 Å². The fourth-order valence-electron chi connectivity index (χ4n) is 1.75. The van der Waals surface area contributed by atoms with Gasteiger partial charge in [0.15, 0.2) is 0 Å². The van der Waals surface area contributed by atoms with E-state index in [1.54, 1.807) is 0 Å². The Kier molecular flexibility index (Phi) is 3.48. The third-order valence-corrected chi connectivity index (χ3v) is 4.24. The Morgan fingerprint density at radius 2 is 2.28 bits per heavy atom. The number of nitrogen functional groups attached to an aromatic ring is 1. The van der Waals surface area contributed by atoms with E-state index < -0.39 is 10.0 Å². The number of sulfonamides is 1. The van der Waals surface area contributed by atoms with Gasteiger partial charge in [-0.05, 0) is 18.6 Å². The molecule has 0 bridgehead atoms. The number of piperidine rings is 1. The van der Waals surface area contributed by atoms with E-state index in [2.05, 4.69) is 15.0 Å². The molecule has 1 aromatic heterocycles. The molecule has 0 aliphatic carbocycles. The van der Waals surface area contributed by atoms with Gasteiger partial charge in [-0.1, -0.05) is 0 Å². The van der Waals surface area contributed by atoms with Gasteiger partial charge in [-0.25, -0.2) is 18.1 Å². The summed E-state index contributed by atoms with van der Waals surface area (Å²) in [5, 5.41) is 2.61. The molecule has 1 aliphatic rings. The van der Waals surface area contributed by atoms with E-state index >= 15 is 0 Å². The maximum atomic E-state index is 12.1. The largest absolute Gasteiger partial charge is 0.383 e. The molecule has 1 aromatic rings. The average Bonchev–Trinajstić information content (AvgIpc) is 2.32. The molecule has 18 heavy (non-hydrogen) atoms. The van der Waals surface area contributed by atoms with Crippen LogP contribution < -0.4 is 15.8 Å². The third-order valence-electron chi connectivity index (χ3n) is 2.68. The number of hydrogen-bond acceptors (Lipinski definition) is 5. The predicted octanol–water partition coefficient (Wildman–Crippen LogP) is -0.779. The Hall–Kier alpha value is -1.67. The van der Waals surface area contributed by atoms with E-state index in [9.17, 15) is 13.2 Å². The first-order valence-corrected chi connectivity index (χ1v) is 6.97. The van der Waals surface area contributed by atoms with Gasteiger partial charge in [0, 0.05) is 25.2 Å². The van der Waals surface area contributed by atoms with Crippen molar-refractivity contribution in [1.82, 2.24) is 15.0 Å². The fraction of sp³-hybridized carbons (Fsp3) is 0.400. The smallest absolute Gasteiger partial charge is 0.244 e. The minimum absolute atomic E-state index is 0.0372. The van der Waals surface area contributed by atoms with Gasteiger partial charge in [0.05, 0.1) is 0 Å². The maximum absolute atomic E-state index is 12.1. The molecule has 0 spiro atoms. The first-order valence-electron chi connectivity index (χ1n) is 5.48. The van der Waals surface area contributed by atoms with Gasteiger partial charge in [-0.15, -0.1) is 0 Å². The van der Waals surface area contributed by atoms with Crippen molar-refractivity contribution in [3.05, 3.63) is 18.3 Å². The third kappa shape index (κ3) is 2.77. The topological polar surface area (TPSA) is 114 Å². The van der Waals surface area contributed by atoms with E-state index in [4.69, 9.17) is 5.73 Å². The highest BCUT2D eigenvalue weighted by Gasteiger charge is 2.25. The summed E-state index contributed by atoms with van der Waals surface area (Å²) in [5.74, 6) is -0.101. The van der Waals surface area contributed by atoms with Crippen LogP contribution in [0.1, 0.15) is 12.8 Å². The molecule has 2 heterocycles. The number of aromatic nitrogens is 1. The number of nitrogens with zero attached hydrogens (tertiary/aromatic N) is 1. The number of carbonyl (C=O) groups excluding carboxylic acids is 1. The summed E-state index contributed by atoms with van der Waals surface area (Å²) in [4.78, 5) is 14.7. The lowest BCUT2D eigenvalue weighted by molar-refractivity contribution is -0.122. The lowest BCUT2D eigenvalue weighted by atomic mass is 10.1. The second-order valence-corrected chi connectivity index (χ2v) is 5.73. The van der Waals surface area contributed by atoms with E-state index in [0.717, 1.165) is 0 Å². The summed E-state index contributed by atoms with van der Waals surface area (Å²) in [6, 6.07) is 2.59. The zero-order chi connectivity index (χ0) is 13.2. The lowest BCUT2D eigenvalue weighted by Crippen LogP contribution is -2.47. The molecule has 0 saturated carbocycles. The van der Waals surface area contributed by atoms with E-state index in [-0.39, 0.29) is 29.2 Å². The van der Waals surface area contributed by atoms with E-state index in [0.29, 0.717) is 12.8 Å². The van der Waals surface area contributed by atoms with Crippen molar-refractivity contribution >= 4 is 21.7 Å². The van der Waals surface area contributed by atoms with Crippen molar-refractivity contribution in [3.8, 4) is 0 Å². The molecule has 1 amide bonds. The van der Waals surface area contributed by atoms with Crippen LogP contribution in [-0.2, 0) is 14.8 Å². The Balaban J connectivity index is 2.13. The van der Waals surface area contributed by atoms with Crippen LogP contribution in [0.15, 0.2) is 23.2 Å². The second-order valence-electron chi connectivity index (χ2n) is 4.05. The quantitative estimate of drug-likeness (QED) is 0.666. The molecular formula is C10H14N4O3S. The number of anilines is 1. The number of pyridine rings is 1. The van der Waals surface area contributed by atoms with Crippen LogP contribution >= 0.6 is 0 Å². The van der Waals surface area contributed by atoms with Crippen molar-refractivity contribution in [2.24, 2.45) is 0 Å². The van der Waals surface area contributed by atoms with Gasteiger partial charge in [0.2, 0.25) is 15.9 Å². The fourth-order valence-corrected chi connectivity index (χ4v) is 3.10. The maximum Gasteiger partial charge on any atom is 0.244 e. The van der Waals surface area contributed by atoms with Crippen LogP contribution in [-0.4, -0.2) is 31.9 Å². The SMILES string of the molecule is Nc1ncccc1S(=O)(=O)NC1CCC(=O)NC1. The summed E-state index contributed by atoms with van der Waals surface area (Å²) in [5.41, 5.74) is 5.53. The second kappa shape index (κ2) is 4.91. The van der Waals surface area contributed by atoms with Gasteiger partial charge in [0.25, 0.3) is 0 Å². The molecule has 4 N–H and O–H groups in total. The summed E-state index contributed by atoms with van der Waals surface area (Å²) in [6.45, 7) is 0.290. The monoisotopic (exact) mass is 270 g/mol. The van der Waals surface area contributed by atoms with Crippen molar-refractivity contribution in [1.29, 1.82) is 0 Å². The van der Waals surface area contributed by atoms with E-state index in [1.807, 2.05) is 0 Å². The molecule has 0 radical (unpaired) electrons. The molecule has 0 aromatic carbocycles. The van der Waals surface area contributed by atoms with Crippen LogP contribution in [0.3, 0.4) is 0 Å². The highest BCUT2D eigenvalue weighted by molar-refractivity contribution is 7.89. The van der Waals surface area contributed by atoms with Crippen LogP contribution in [0.2, 0.25) is 0 Å². The van der Waals surface area contributed by atoms with Gasteiger partial charge >= 0.3 is 0 Å². The molecule has 7 nitrogen and oxygen atoms in total. The number of nitrogens with one attached hydrogen (secondary N) is 2. The minimum atomic E-state index is -3.70. The molecule has 1 unspecified atom stereocenters. The Morgan fingerprint density at radius 1 is 1.50 bits per heavy atom. The Labute approximate surface area is 105 Å². The normalized spacial score (nSPS) is 20.4. The van der Waals surface area contributed by atoms with Crippen LogP contribution in [0.25, 0.3) is 0 Å². The number of carbonyl (C=O) groups is 1.